The molecule has 218 valence electrons. The van der Waals surface area contributed by atoms with Crippen molar-refractivity contribution >= 4 is 29.5 Å². The summed E-state index contributed by atoms with van der Waals surface area (Å²) in [6, 6.07) is 36.7. The molecular weight excluding hydrogens is 551 g/mol. The molecule has 1 aromatic heterocycles. The maximum Gasteiger partial charge on any atom is 0.261 e. The highest BCUT2D eigenvalue weighted by Crippen LogP contribution is 2.38. The summed E-state index contributed by atoms with van der Waals surface area (Å²) in [6.07, 6.45) is 0. The first-order valence-electron chi connectivity index (χ1n) is 14.7. The monoisotopic (exact) mass is 587 g/mol. The van der Waals surface area contributed by atoms with Crippen molar-refractivity contribution in [3.63, 3.8) is 0 Å². The zero-order chi connectivity index (χ0) is 30.0. The third-order valence-electron chi connectivity index (χ3n) is 8.42. The number of fused-ring (bicyclic) bond motifs is 2. The van der Waals surface area contributed by atoms with E-state index < -0.39 is 8.32 Å². The fourth-order valence-electron chi connectivity index (χ4n) is 6.43. The van der Waals surface area contributed by atoms with Gasteiger partial charge in [-0.15, -0.1) is 0 Å². The van der Waals surface area contributed by atoms with E-state index in [-0.39, 0.29) is 16.6 Å². The van der Waals surface area contributed by atoms with Gasteiger partial charge in [0.25, 0.3) is 13.9 Å². The van der Waals surface area contributed by atoms with Gasteiger partial charge < -0.3 is 13.7 Å². The highest BCUT2D eigenvalue weighted by Gasteiger charge is 2.50. The van der Waals surface area contributed by atoms with E-state index in [0.29, 0.717) is 30.8 Å². The first kappa shape index (κ1) is 28.8. The summed E-state index contributed by atoms with van der Waals surface area (Å²) in [5.74, 6) is 0.709. The smallest absolute Gasteiger partial charge is 0.261 e. The van der Waals surface area contributed by atoms with Crippen LogP contribution >= 0.6 is 0 Å². The number of pyridine rings is 1. The van der Waals surface area contributed by atoms with Gasteiger partial charge in [-0.2, -0.15) is 10.2 Å². The molecule has 1 unspecified atom stereocenters. The molecule has 0 spiro atoms. The summed E-state index contributed by atoms with van der Waals surface area (Å²) in [6.45, 7) is 7.84. The van der Waals surface area contributed by atoms with Gasteiger partial charge in [-0.3, -0.25) is 4.79 Å². The van der Waals surface area contributed by atoms with E-state index >= 15 is 0 Å². The van der Waals surface area contributed by atoms with E-state index in [1.54, 1.807) is 7.11 Å². The molecule has 0 radical (unpaired) electrons. The van der Waals surface area contributed by atoms with E-state index in [2.05, 4.69) is 86.5 Å². The third-order valence-corrected chi connectivity index (χ3v) is 13.4. The second-order valence-electron chi connectivity index (χ2n) is 12.1. The van der Waals surface area contributed by atoms with Crippen LogP contribution in [0, 0.1) is 0 Å². The largest absolute Gasteiger partial charge is 0.497 e. The summed E-state index contributed by atoms with van der Waals surface area (Å²) in [7, 11) is -1.13. The predicted octanol–water partition coefficient (Wildman–Crippen LogP) is 6.59. The summed E-state index contributed by atoms with van der Waals surface area (Å²) >= 11 is 0. The second-order valence-corrected chi connectivity index (χ2v) is 16.4. The number of methoxy groups -OCH3 is 1. The van der Waals surface area contributed by atoms with Gasteiger partial charge in [-0.1, -0.05) is 112 Å². The van der Waals surface area contributed by atoms with E-state index in [1.807, 2.05) is 53.1 Å². The van der Waals surface area contributed by atoms with Gasteiger partial charge in [-0.25, -0.2) is 0 Å². The number of aromatic nitrogens is 1. The molecule has 43 heavy (non-hydrogen) atoms. The van der Waals surface area contributed by atoms with Gasteiger partial charge in [0.1, 0.15) is 18.3 Å². The molecule has 4 aromatic carbocycles. The Balaban J connectivity index is 1.44. The molecule has 7 heteroatoms. The molecule has 5 aromatic rings. The van der Waals surface area contributed by atoms with Crippen molar-refractivity contribution in [1.29, 1.82) is 0 Å². The minimum Gasteiger partial charge on any atom is -0.497 e. The van der Waals surface area contributed by atoms with Crippen molar-refractivity contribution in [2.24, 2.45) is 10.2 Å². The molecule has 0 bridgehead atoms. The molecule has 1 aliphatic rings. The van der Waals surface area contributed by atoms with Crippen molar-refractivity contribution < 1.29 is 9.16 Å². The van der Waals surface area contributed by atoms with E-state index in [4.69, 9.17) is 14.3 Å². The van der Waals surface area contributed by atoms with Crippen molar-refractivity contribution in [2.45, 2.75) is 44.9 Å². The molecule has 0 amide bonds. The lowest BCUT2D eigenvalue weighted by molar-refractivity contribution is 0.258. The Hall–Kier alpha value is -4.33. The number of hydrogen-bond donors (Lipinski definition) is 0. The second kappa shape index (κ2) is 11.7. The first-order valence-corrected chi connectivity index (χ1v) is 16.6. The highest BCUT2D eigenvalue weighted by atomic mass is 28.4. The molecule has 1 aliphatic heterocycles. The maximum absolute atomic E-state index is 14.1. The Morgan fingerprint density at radius 2 is 1.44 bits per heavy atom. The predicted molar refractivity (Wildman–Crippen MR) is 176 cm³/mol. The Kier molecular flexibility index (Phi) is 7.86. The molecule has 0 saturated carbocycles. The zero-order valence-electron chi connectivity index (χ0n) is 25.2. The van der Waals surface area contributed by atoms with Crippen molar-refractivity contribution in [3.8, 4) is 16.9 Å². The average Bonchev–Trinajstić information content (AvgIpc) is 3.25. The summed E-state index contributed by atoms with van der Waals surface area (Å²) in [4.78, 5) is 14.1. The Morgan fingerprint density at radius 1 is 0.837 bits per heavy atom. The van der Waals surface area contributed by atoms with Crippen LogP contribution in [0.25, 0.3) is 21.9 Å². The van der Waals surface area contributed by atoms with Crippen LogP contribution in [-0.2, 0) is 17.5 Å². The van der Waals surface area contributed by atoms with Crippen LogP contribution in [0.4, 0.5) is 0 Å². The van der Waals surface area contributed by atoms with Gasteiger partial charge in [-0.05, 0) is 39.2 Å². The van der Waals surface area contributed by atoms with Crippen molar-refractivity contribution in [1.82, 2.24) is 4.57 Å². The van der Waals surface area contributed by atoms with Crippen LogP contribution in [0.5, 0.6) is 5.75 Å². The van der Waals surface area contributed by atoms with Crippen molar-refractivity contribution in [3.05, 3.63) is 125 Å². The lowest BCUT2D eigenvalue weighted by Gasteiger charge is -2.43. The van der Waals surface area contributed by atoms with Crippen LogP contribution in [0.1, 0.15) is 26.5 Å². The van der Waals surface area contributed by atoms with Gasteiger partial charge in [0.2, 0.25) is 0 Å². The average molecular weight is 588 g/mol. The zero-order valence-corrected chi connectivity index (χ0v) is 26.2. The lowest BCUT2D eigenvalue weighted by Crippen LogP contribution is -2.67. The standard InChI is InChI=1S/C36H37N3O3Si/c1-36(2,3)43(29-16-10-6-11-17-29,30-18-12-7-13-19-30)42-25-27-24-39-33(23-37-38-27)34(26-14-8-5-9-15-26)32-22-28(41-4)20-21-31(32)35(39)40/h5-22,27H,23-25H2,1-4H3. The summed E-state index contributed by atoms with van der Waals surface area (Å²) < 4.78 is 14.6. The van der Waals surface area contributed by atoms with Crippen molar-refractivity contribution in [2.75, 3.05) is 13.7 Å². The molecule has 6 rings (SSSR count). The van der Waals surface area contributed by atoms with Gasteiger partial charge in [0.05, 0.1) is 26.0 Å². The third kappa shape index (κ3) is 5.24. The molecule has 1 atom stereocenters. The normalized spacial score (nSPS) is 15.2. The lowest BCUT2D eigenvalue weighted by atomic mass is 9.96. The number of ether oxygens (including phenoxy) is 1. The number of azo groups is 1. The molecular formula is C36H37N3O3Si. The maximum atomic E-state index is 14.1. The van der Waals surface area contributed by atoms with Gasteiger partial charge >= 0.3 is 0 Å². The van der Waals surface area contributed by atoms with Gasteiger partial charge in [0.15, 0.2) is 0 Å². The molecule has 6 nitrogen and oxygen atoms in total. The van der Waals surface area contributed by atoms with Crippen LogP contribution in [-0.4, -0.2) is 32.6 Å². The van der Waals surface area contributed by atoms with Crippen LogP contribution in [0.3, 0.4) is 0 Å². The topological polar surface area (TPSA) is 65.2 Å². The molecule has 0 fully saturated rings. The van der Waals surface area contributed by atoms with E-state index in [0.717, 1.165) is 22.2 Å². The number of rotatable bonds is 7. The minimum absolute atomic E-state index is 0.0462. The fraction of sp³-hybridized carbons (Fsp3) is 0.250. The minimum atomic E-state index is -2.78. The van der Waals surface area contributed by atoms with E-state index in [1.165, 1.54) is 10.4 Å². The highest BCUT2D eigenvalue weighted by molar-refractivity contribution is 6.99. The number of benzene rings is 4. The Morgan fingerprint density at radius 3 is 2.02 bits per heavy atom. The number of nitrogens with zero attached hydrogens (tertiary/aromatic N) is 3. The SMILES string of the molecule is COc1ccc2c(=O)n3c(c(-c4ccccc4)c2c1)CN=NC(CO[Si](c1ccccc1)(c1ccccc1)C(C)(C)C)C3. The molecule has 0 saturated heterocycles. The van der Waals surface area contributed by atoms with E-state index in [9.17, 15) is 4.79 Å². The van der Waals surface area contributed by atoms with Crippen LogP contribution in [0.15, 0.2) is 124 Å². The number of hydrogen-bond acceptors (Lipinski definition) is 5. The van der Waals surface area contributed by atoms with Gasteiger partial charge in [0, 0.05) is 16.3 Å². The molecule has 0 N–H and O–H groups in total. The van der Waals surface area contributed by atoms with Crippen LogP contribution < -0.4 is 20.7 Å². The first-order chi connectivity index (χ1) is 20.8. The quantitative estimate of drug-likeness (QED) is 0.202. The summed E-state index contributed by atoms with van der Waals surface area (Å²) in [5, 5.41) is 13.2. The fourth-order valence-corrected chi connectivity index (χ4v) is 11.0. The van der Waals surface area contributed by atoms with Crippen LogP contribution in [0.2, 0.25) is 5.04 Å². The Labute approximate surface area is 253 Å². The molecule has 0 aliphatic carbocycles. The Bertz CT molecular complexity index is 1770. The molecule has 2 heterocycles. The summed E-state index contributed by atoms with van der Waals surface area (Å²) in [5.41, 5.74) is 2.83.